The summed E-state index contributed by atoms with van der Waals surface area (Å²) in [5.41, 5.74) is 1.10. The molecule has 1 aliphatic heterocycles. The Hall–Kier alpha value is -1.88. The third-order valence-corrected chi connectivity index (χ3v) is 3.85. The van der Waals surface area contributed by atoms with Crippen LogP contribution in [0.3, 0.4) is 0 Å². The molecule has 1 fully saturated rings. The largest absolute Gasteiger partial charge is 0.496 e. The van der Waals surface area contributed by atoms with Crippen LogP contribution < -0.4 is 10.1 Å². The van der Waals surface area contributed by atoms with Gasteiger partial charge < -0.3 is 10.1 Å². The second kappa shape index (κ2) is 6.72. The summed E-state index contributed by atoms with van der Waals surface area (Å²) in [7, 11) is 3.20. The van der Waals surface area contributed by atoms with Gasteiger partial charge in [-0.05, 0) is 31.4 Å². The zero-order valence-electron chi connectivity index (χ0n) is 12.8. The molecule has 0 bridgehead atoms. The van der Waals surface area contributed by atoms with Crippen LogP contribution in [-0.2, 0) is 16.0 Å². The van der Waals surface area contributed by atoms with Gasteiger partial charge in [-0.1, -0.05) is 18.2 Å². The quantitative estimate of drug-likeness (QED) is 0.832. The van der Waals surface area contributed by atoms with Crippen LogP contribution in [0.25, 0.3) is 0 Å². The van der Waals surface area contributed by atoms with E-state index in [-0.39, 0.29) is 23.9 Å². The molecule has 21 heavy (non-hydrogen) atoms. The van der Waals surface area contributed by atoms with Crippen LogP contribution in [0.5, 0.6) is 5.75 Å². The minimum Gasteiger partial charge on any atom is -0.496 e. The number of piperidine rings is 1. The fourth-order valence-electron chi connectivity index (χ4n) is 2.67. The summed E-state index contributed by atoms with van der Waals surface area (Å²) in [4.78, 5) is 24.8. The minimum absolute atomic E-state index is 0.101. The Morgan fingerprint density at radius 2 is 2.10 bits per heavy atom. The number of hydrogen-bond donors (Lipinski definition) is 1. The normalized spacial score (nSPS) is 20.5. The number of amides is 2. The second-order valence-electron chi connectivity index (χ2n) is 5.47. The van der Waals surface area contributed by atoms with E-state index in [1.54, 1.807) is 14.2 Å². The lowest BCUT2D eigenvalue weighted by atomic mass is 10.0. The van der Waals surface area contributed by atoms with E-state index < -0.39 is 0 Å². The van der Waals surface area contributed by atoms with E-state index in [0.29, 0.717) is 12.8 Å². The number of likely N-dealkylation sites (N-methyl/N-ethyl adjacent to an activating group) is 1. The predicted octanol–water partition coefficient (Wildman–Crippen LogP) is 1.36. The molecule has 5 heteroatoms. The van der Waals surface area contributed by atoms with Crippen molar-refractivity contribution in [2.75, 3.05) is 14.2 Å². The summed E-state index contributed by atoms with van der Waals surface area (Å²) < 4.78 is 5.34. The van der Waals surface area contributed by atoms with Crippen LogP contribution in [0.4, 0.5) is 0 Å². The molecule has 0 radical (unpaired) electrons. The number of carbonyl (C=O) groups is 2. The summed E-state index contributed by atoms with van der Waals surface area (Å²) in [6.07, 6.45) is 1.75. The first-order valence-electron chi connectivity index (χ1n) is 7.21. The monoisotopic (exact) mass is 290 g/mol. The standard InChI is InChI=1S/C16H22N2O3/c1-11(10-12-6-4-5-7-14(12)21-3)17-13-8-9-15(19)18(2)16(13)20/h4-7,11,13,17H,8-10H2,1-3H3. The van der Waals surface area contributed by atoms with Gasteiger partial charge in [0.15, 0.2) is 0 Å². The second-order valence-corrected chi connectivity index (χ2v) is 5.47. The highest BCUT2D eigenvalue weighted by Crippen LogP contribution is 2.20. The number of hydrogen-bond acceptors (Lipinski definition) is 4. The molecule has 5 nitrogen and oxygen atoms in total. The van der Waals surface area contributed by atoms with Crippen molar-refractivity contribution < 1.29 is 14.3 Å². The Labute approximate surface area is 125 Å². The zero-order chi connectivity index (χ0) is 15.4. The molecule has 2 amide bonds. The molecular weight excluding hydrogens is 268 g/mol. The van der Waals surface area contributed by atoms with Gasteiger partial charge in [0.05, 0.1) is 13.2 Å². The maximum atomic E-state index is 12.1. The van der Waals surface area contributed by atoms with Crippen LogP contribution in [0.2, 0.25) is 0 Å². The molecule has 0 aromatic heterocycles. The van der Waals surface area contributed by atoms with Gasteiger partial charge in [-0.25, -0.2) is 0 Å². The van der Waals surface area contributed by atoms with Crippen LogP contribution in [0, 0.1) is 0 Å². The van der Waals surface area contributed by atoms with Crippen LogP contribution in [-0.4, -0.2) is 43.0 Å². The van der Waals surface area contributed by atoms with Crippen molar-refractivity contribution in [1.82, 2.24) is 10.2 Å². The van der Waals surface area contributed by atoms with Gasteiger partial charge in [0, 0.05) is 19.5 Å². The zero-order valence-corrected chi connectivity index (χ0v) is 12.8. The smallest absolute Gasteiger partial charge is 0.246 e. The van der Waals surface area contributed by atoms with Gasteiger partial charge in [-0.2, -0.15) is 0 Å². The Bertz CT molecular complexity index is 530. The van der Waals surface area contributed by atoms with Gasteiger partial charge in [-0.3, -0.25) is 14.5 Å². The van der Waals surface area contributed by atoms with Gasteiger partial charge in [0.2, 0.25) is 11.8 Å². The molecule has 0 spiro atoms. The average molecular weight is 290 g/mol. The number of likely N-dealkylation sites (tertiary alicyclic amines) is 1. The molecule has 1 N–H and O–H groups in total. The van der Waals surface area contributed by atoms with Crippen molar-refractivity contribution in [2.24, 2.45) is 0 Å². The average Bonchev–Trinajstić information content (AvgIpc) is 2.48. The fraction of sp³-hybridized carbons (Fsp3) is 0.500. The highest BCUT2D eigenvalue weighted by atomic mass is 16.5. The molecule has 1 saturated heterocycles. The predicted molar refractivity (Wildman–Crippen MR) is 80.1 cm³/mol. The molecule has 1 aliphatic rings. The summed E-state index contributed by atoms with van der Waals surface area (Å²) in [5, 5.41) is 3.32. The van der Waals surface area contributed by atoms with E-state index in [0.717, 1.165) is 17.7 Å². The number of ether oxygens (including phenoxy) is 1. The van der Waals surface area contributed by atoms with Crippen molar-refractivity contribution in [1.29, 1.82) is 0 Å². The maximum absolute atomic E-state index is 12.1. The SMILES string of the molecule is COc1ccccc1CC(C)NC1CCC(=O)N(C)C1=O. The lowest BCUT2D eigenvalue weighted by Gasteiger charge is -2.30. The molecule has 2 atom stereocenters. The summed E-state index contributed by atoms with van der Waals surface area (Å²) >= 11 is 0. The van der Waals surface area contributed by atoms with Crippen LogP contribution >= 0.6 is 0 Å². The molecule has 1 heterocycles. The highest BCUT2D eigenvalue weighted by molar-refractivity contribution is 6.00. The Balaban J connectivity index is 1.97. The molecule has 2 rings (SSSR count). The van der Waals surface area contributed by atoms with E-state index in [4.69, 9.17) is 4.74 Å². The summed E-state index contributed by atoms with van der Waals surface area (Å²) in [5.74, 6) is 0.613. The molecule has 2 unspecified atom stereocenters. The number of para-hydroxylation sites is 1. The van der Waals surface area contributed by atoms with E-state index in [1.807, 2.05) is 31.2 Å². The number of rotatable bonds is 5. The topological polar surface area (TPSA) is 58.6 Å². The number of benzene rings is 1. The van der Waals surface area contributed by atoms with Crippen molar-refractivity contribution in [3.63, 3.8) is 0 Å². The first kappa shape index (κ1) is 15.5. The van der Waals surface area contributed by atoms with E-state index in [9.17, 15) is 9.59 Å². The van der Waals surface area contributed by atoms with Gasteiger partial charge in [0.25, 0.3) is 0 Å². The third kappa shape index (κ3) is 3.61. The first-order valence-corrected chi connectivity index (χ1v) is 7.21. The van der Waals surface area contributed by atoms with Crippen LogP contribution in [0.1, 0.15) is 25.3 Å². The summed E-state index contributed by atoms with van der Waals surface area (Å²) in [6, 6.07) is 7.71. The van der Waals surface area contributed by atoms with Gasteiger partial charge >= 0.3 is 0 Å². The van der Waals surface area contributed by atoms with Gasteiger partial charge in [0.1, 0.15) is 5.75 Å². The molecule has 1 aromatic carbocycles. The van der Waals surface area contributed by atoms with Crippen molar-refractivity contribution in [3.05, 3.63) is 29.8 Å². The molecule has 0 aliphatic carbocycles. The number of methoxy groups -OCH3 is 1. The fourth-order valence-corrected chi connectivity index (χ4v) is 2.67. The lowest BCUT2D eigenvalue weighted by Crippen LogP contribution is -2.53. The molecule has 0 saturated carbocycles. The Morgan fingerprint density at radius 3 is 2.81 bits per heavy atom. The van der Waals surface area contributed by atoms with Crippen molar-refractivity contribution in [2.45, 2.75) is 38.3 Å². The number of nitrogens with one attached hydrogen (secondary N) is 1. The number of carbonyl (C=O) groups excluding carboxylic acids is 2. The van der Waals surface area contributed by atoms with Crippen molar-refractivity contribution in [3.8, 4) is 5.75 Å². The van der Waals surface area contributed by atoms with Gasteiger partial charge in [-0.15, -0.1) is 0 Å². The van der Waals surface area contributed by atoms with E-state index >= 15 is 0 Å². The maximum Gasteiger partial charge on any atom is 0.246 e. The summed E-state index contributed by atoms with van der Waals surface area (Å²) in [6.45, 7) is 2.04. The highest BCUT2D eigenvalue weighted by Gasteiger charge is 2.32. The lowest BCUT2D eigenvalue weighted by molar-refractivity contribution is -0.148. The molecule has 114 valence electrons. The Morgan fingerprint density at radius 1 is 1.38 bits per heavy atom. The Kier molecular flexibility index (Phi) is 4.96. The van der Waals surface area contributed by atoms with E-state index in [1.165, 1.54) is 4.90 Å². The van der Waals surface area contributed by atoms with Crippen LogP contribution in [0.15, 0.2) is 24.3 Å². The first-order chi connectivity index (χ1) is 10.0. The third-order valence-electron chi connectivity index (χ3n) is 3.85. The number of nitrogens with zero attached hydrogens (tertiary/aromatic N) is 1. The molecular formula is C16H22N2O3. The molecule has 1 aromatic rings. The van der Waals surface area contributed by atoms with Crippen molar-refractivity contribution >= 4 is 11.8 Å². The minimum atomic E-state index is -0.280. The number of imide groups is 1. The van der Waals surface area contributed by atoms with E-state index in [2.05, 4.69) is 5.32 Å².